The molecule has 0 atom stereocenters. The molecule has 0 spiro atoms. The zero-order valence-corrected chi connectivity index (χ0v) is 24.4. The summed E-state index contributed by atoms with van der Waals surface area (Å²) >= 11 is 1.93. The predicted molar refractivity (Wildman–Crippen MR) is 162 cm³/mol. The van der Waals surface area contributed by atoms with E-state index in [9.17, 15) is 0 Å². The SMILES string of the molecule is CCCCCCCCCCCCn1c2cc(B3OC(C)(C)C(C)(C)O3)ccc2c2c3ccccc3sc21. The molecule has 198 valence electrons. The van der Waals surface area contributed by atoms with E-state index in [2.05, 4.69) is 81.7 Å². The Bertz CT molecular complexity index is 1340. The summed E-state index contributed by atoms with van der Waals surface area (Å²) in [6.07, 6.45) is 13.6. The molecule has 0 unspecified atom stereocenters. The number of hydrogen-bond acceptors (Lipinski definition) is 3. The highest BCUT2D eigenvalue weighted by molar-refractivity contribution is 7.25. The Balaban J connectivity index is 1.36. The van der Waals surface area contributed by atoms with Crippen LogP contribution in [-0.4, -0.2) is 22.9 Å². The number of fused-ring (bicyclic) bond motifs is 5. The third kappa shape index (κ3) is 5.37. The fourth-order valence-corrected chi connectivity index (χ4v) is 6.94. The highest BCUT2D eigenvalue weighted by Crippen LogP contribution is 2.41. The molecule has 5 rings (SSSR count). The highest BCUT2D eigenvalue weighted by Gasteiger charge is 2.51. The quantitative estimate of drug-likeness (QED) is 0.138. The van der Waals surface area contributed by atoms with Gasteiger partial charge in [0.15, 0.2) is 0 Å². The van der Waals surface area contributed by atoms with Gasteiger partial charge in [0.1, 0.15) is 4.83 Å². The molecular weight excluding hydrogens is 473 g/mol. The lowest BCUT2D eigenvalue weighted by molar-refractivity contribution is 0.00578. The molecule has 0 saturated carbocycles. The Morgan fingerprint density at radius 3 is 2.05 bits per heavy atom. The zero-order chi connectivity index (χ0) is 26.0. The summed E-state index contributed by atoms with van der Waals surface area (Å²) in [5.74, 6) is 0. The molecule has 0 amide bonds. The van der Waals surface area contributed by atoms with Gasteiger partial charge in [0.05, 0.1) is 11.2 Å². The standard InChI is InChI=1S/C32H44BNO2S/c1-6-7-8-9-10-11-12-13-14-17-22-34-27-23-24(33-35-31(2,3)32(4,5)36-33)20-21-25(27)29-26-18-15-16-19-28(26)37-30(29)34/h15-16,18-21,23H,6-14,17,22H2,1-5H3. The molecule has 2 aromatic carbocycles. The molecule has 1 fully saturated rings. The van der Waals surface area contributed by atoms with E-state index in [1.54, 1.807) is 0 Å². The molecule has 0 N–H and O–H groups in total. The largest absolute Gasteiger partial charge is 0.494 e. The molecule has 5 heteroatoms. The smallest absolute Gasteiger partial charge is 0.399 e. The van der Waals surface area contributed by atoms with Crippen LogP contribution in [0.15, 0.2) is 42.5 Å². The second kappa shape index (κ2) is 11.1. The van der Waals surface area contributed by atoms with E-state index in [1.165, 1.54) is 95.4 Å². The average molecular weight is 518 g/mol. The van der Waals surface area contributed by atoms with Gasteiger partial charge in [-0.05, 0) is 51.7 Å². The van der Waals surface area contributed by atoms with Crippen LogP contribution in [0.2, 0.25) is 0 Å². The zero-order valence-electron chi connectivity index (χ0n) is 23.6. The second-order valence-corrected chi connectivity index (χ2v) is 13.0. The van der Waals surface area contributed by atoms with Crippen LogP contribution in [-0.2, 0) is 15.9 Å². The minimum Gasteiger partial charge on any atom is -0.399 e. The maximum absolute atomic E-state index is 6.40. The number of thiophene rings is 1. The molecule has 1 aliphatic heterocycles. The van der Waals surface area contributed by atoms with E-state index >= 15 is 0 Å². The van der Waals surface area contributed by atoms with Crippen LogP contribution in [0.3, 0.4) is 0 Å². The van der Waals surface area contributed by atoms with Crippen molar-refractivity contribution in [3.63, 3.8) is 0 Å². The fraction of sp³-hybridized carbons (Fsp3) is 0.562. The van der Waals surface area contributed by atoms with Gasteiger partial charge in [-0.3, -0.25) is 0 Å². The first kappa shape index (κ1) is 26.8. The van der Waals surface area contributed by atoms with Crippen molar-refractivity contribution < 1.29 is 9.31 Å². The molecule has 1 aliphatic rings. The van der Waals surface area contributed by atoms with Crippen LogP contribution in [0, 0.1) is 0 Å². The normalized spacial score (nSPS) is 17.1. The molecule has 0 aliphatic carbocycles. The van der Waals surface area contributed by atoms with E-state index in [1.807, 2.05) is 11.3 Å². The van der Waals surface area contributed by atoms with Gasteiger partial charge in [0.25, 0.3) is 0 Å². The van der Waals surface area contributed by atoms with Crippen molar-refractivity contribution in [2.75, 3.05) is 0 Å². The van der Waals surface area contributed by atoms with E-state index in [4.69, 9.17) is 9.31 Å². The third-order valence-corrected chi connectivity index (χ3v) is 9.86. The molecule has 0 radical (unpaired) electrons. The lowest BCUT2D eigenvalue weighted by Gasteiger charge is -2.32. The Morgan fingerprint density at radius 1 is 0.757 bits per heavy atom. The monoisotopic (exact) mass is 517 g/mol. The average Bonchev–Trinajstić information content (AvgIpc) is 3.46. The van der Waals surface area contributed by atoms with E-state index in [0.29, 0.717) is 0 Å². The maximum Gasteiger partial charge on any atom is 0.494 e. The van der Waals surface area contributed by atoms with Crippen molar-refractivity contribution in [2.45, 2.75) is 117 Å². The van der Waals surface area contributed by atoms with Crippen molar-refractivity contribution in [3.05, 3.63) is 42.5 Å². The summed E-state index contributed by atoms with van der Waals surface area (Å²) in [6, 6.07) is 15.7. The number of aryl methyl sites for hydroxylation is 1. The second-order valence-electron chi connectivity index (χ2n) is 12.0. The molecular formula is C32H44BNO2S. The Hall–Kier alpha value is -1.82. The summed E-state index contributed by atoms with van der Waals surface area (Å²) in [4.78, 5) is 1.40. The van der Waals surface area contributed by atoms with Crippen molar-refractivity contribution in [3.8, 4) is 0 Å². The summed E-state index contributed by atoms with van der Waals surface area (Å²) in [7, 11) is -0.329. The van der Waals surface area contributed by atoms with Crippen molar-refractivity contribution in [1.29, 1.82) is 0 Å². The van der Waals surface area contributed by atoms with Crippen LogP contribution in [0.5, 0.6) is 0 Å². The lowest BCUT2D eigenvalue weighted by atomic mass is 9.79. The van der Waals surface area contributed by atoms with Gasteiger partial charge in [-0.15, -0.1) is 11.3 Å². The number of benzene rings is 2. The van der Waals surface area contributed by atoms with Gasteiger partial charge in [-0.2, -0.15) is 0 Å². The molecule has 3 heterocycles. The van der Waals surface area contributed by atoms with Gasteiger partial charge >= 0.3 is 7.12 Å². The minimum absolute atomic E-state index is 0.329. The number of unbranched alkanes of at least 4 members (excludes halogenated alkanes) is 9. The minimum atomic E-state index is -0.332. The fourth-order valence-electron chi connectivity index (χ4n) is 5.68. The number of rotatable bonds is 12. The van der Waals surface area contributed by atoms with Gasteiger partial charge in [0, 0.05) is 32.9 Å². The van der Waals surface area contributed by atoms with Crippen LogP contribution in [0.4, 0.5) is 0 Å². The van der Waals surface area contributed by atoms with Crippen LogP contribution in [0.1, 0.15) is 98.8 Å². The van der Waals surface area contributed by atoms with Crippen LogP contribution >= 0.6 is 11.3 Å². The summed E-state index contributed by atoms with van der Waals surface area (Å²) in [5, 5.41) is 4.13. The third-order valence-electron chi connectivity index (χ3n) is 8.66. The van der Waals surface area contributed by atoms with Gasteiger partial charge in [-0.25, -0.2) is 0 Å². The lowest BCUT2D eigenvalue weighted by Crippen LogP contribution is -2.41. The van der Waals surface area contributed by atoms with Gasteiger partial charge in [-0.1, -0.05) is 95.0 Å². The number of aromatic nitrogens is 1. The number of nitrogens with zero attached hydrogens (tertiary/aromatic N) is 1. The van der Waals surface area contributed by atoms with Gasteiger partial charge in [0.2, 0.25) is 0 Å². The van der Waals surface area contributed by atoms with Crippen molar-refractivity contribution in [2.24, 2.45) is 0 Å². The molecule has 1 saturated heterocycles. The topological polar surface area (TPSA) is 23.4 Å². The summed E-state index contributed by atoms with van der Waals surface area (Å²) in [5.41, 5.74) is 1.77. The van der Waals surface area contributed by atoms with E-state index in [-0.39, 0.29) is 18.3 Å². The Morgan fingerprint density at radius 2 is 1.38 bits per heavy atom. The molecule has 4 aromatic rings. The first-order valence-electron chi connectivity index (χ1n) is 14.6. The first-order chi connectivity index (χ1) is 17.8. The van der Waals surface area contributed by atoms with Crippen molar-refractivity contribution in [1.82, 2.24) is 4.57 Å². The highest BCUT2D eigenvalue weighted by atomic mass is 32.1. The molecule has 0 bridgehead atoms. The van der Waals surface area contributed by atoms with E-state index in [0.717, 1.165) is 12.0 Å². The van der Waals surface area contributed by atoms with Crippen LogP contribution < -0.4 is 5.46 Å². The molecule has 37 heavy (non-hydrogen) atoms. The van der Waals surface area contributed by atoms with Crippen LogP contribution in [0.25, 0.3) is 31.2 Å². The number of hydrogen-bond donors (Lipinski definition) is 0. The maximum atomic E-state index is 6.40. The Labute approximate surface area is 227 Å². The predicted octanol–water partition coefficient (Wildman–Crippen LogP) is 9.23. The summed E-state index contributed by atoms with van der Waals surface area (Å²) in [6.45, 7) is 11.9. The van der Waals surface area contributed by atoms with E-state index < -0.39 is 0 Å². The Kier molecular flexibility index (Phi) is 8.05. The molecule has 3 nitrogen and oxygen atoms in total. The van der Waals surface area contributed by atoms with Crippen molar-refractivity contribution >= 4 is 55.1 Å². The first-order valence-corrected chi connectivity index (χ1v) is 15.4. The molecule has 2 aromatic heterocycles. The van der Waals surface area contributed by atoms with Gasteiger partial charge < -0.3 is 13.9 Å². The summed E-state index contributed by atoms with van der Waals surface area (Å²) < 4.78 is 16.8.